The third-order valence-corrected chi connectivity index (χ3v) is 6.77. The molecule has 3 rings (SSSR count). The highest BCUT2D eigenvalue weighted by Crippen LogP contribution is 2.29. The third kappa shape index (κ3) is 8.56. The van der Waals surface area contributed by atoms with Gasteiger partial charge in [-0.1, -0.05) is 20.8 Å². The molecule has 0 fully saturated rings. The predicted molar refractivity (Wildman–Crippen MR) is 158 cm³/mol. The number of carboxylic acid groups (broad SMARTS) is 1. The number of nitrogens with one attached hydrogen (secondary N) is 3. The predicted octanol–water partition coefficient (Wildman–Crippen LogP) is 2.51. The Morgan fingerprint density at radius 1 is 1.07 bits per heavy atom. The number of aromatic carboxylic acids is 1. The first-order chi connectivity index (χ1) is 20.0. The zero-order valence-corrected chi connectivity index (χ0v) is 24.9. The van der Waals surface area contributed by atoms with Gasteiger partial charge in [-0.05, 0) is 41.8 Å². The molecule has 43 heavy (non-hydrogen) atoms. The van der Waals surface area contributed by atoms with E-state index in [1.54, 1.807) is 32.9 Å². The van der Waals surface area contributed by atoms with Gasteiger partial charge < -0.3 is 26.2 Å². The molecule has 1 aromatic carbocycles. The number of nitrogens with zero attached hydrogens (tertiary/aromatic N) is 2. The van der Waals surface area contributed by atoms with Gasteiger partial charge in [-0.15, -0.1) is 0 Å². The second-order valence-corrected chi connectivity index (χ2v) is 12.1. The highest BCUT2D eigenvalue weighted by Gasteiger charge is 2.29. The molecule has 0 spiro atoms. The lowest BCUT2D eigenvalue weighted by atomic mass is 9.87. The number of nitrogen functional groups attached to an aromatic ring is 1. The summed E-state index contributed by atoms with van der Waals surface area (Å²) < 4.78 is 33.0. The zero-order valence-electron chi connectivity index (χ0n) is 24.1. The summed E-state index contributed by atoms with van der Waals surface area (Å²) in [6.45, 7) is 4.96. The number of anilines is 1. The number of carbonyl (C=O) groups excluding carboxylic acids is 2. The standard InChI is InChI=1S/C28H32N6O8S/c1-28(2,3)21(14-42-43(5,39)40)33-25(35)20-12-18(27(37)38)19(13-31-20)17-10-11-22(41-4)34-23(17)26(36)32-16-8-6-15(7-9-16)24(29)30/h6-13,21H,14H2,1-5H3,(H3,29,30)(H,32,36)(H,33,35)(H,37,38)/t21-/m1/s1. The smallest absolute Gasteiger partial charge is 0.336 e. The Balaban J connectivity index is 1.99. The number of methoxy groups -OCH3 is 1. The summed E-state index contributed by atoms with van der Waals surface area (Å²) in [4.78, 5) is 47.1. The molecule has 0 saturated heterocycles. The highest BCUT2D eigenvalue weighted by atomic mass is 32.2. The molecule has 3 aromatic rings. The fourth-order valence-corrected chi connectivity index (χ4v) is 4.16. The average Bonchev–Trinajstić information content (AvgIpc) is 2.93. The molecule has 228 valence electrons. The molecule has 14 nitrogen and oxygen atoms in total. The van der Waals surface area contributed by atoms with Crippen LogP contribution in [0.3, 0.4) is 0 Å². The minimum atomic E-state index is -3.78. The van der Waals surface area contributed by atoms with E-state index < -0.39 is 39.4 Å². The molecule has 6 N–H and O–H groups in total. The number of carboxylic acids is 1. The molecule has 0 aliphatic carbocycles. The van der Waals surface area contributed by atoms with Gasteiger partial charge in [-0.25, -0.2) is 9.78 Å². The van der Waals surface area contributed by atoms with Crippen LogP contribution in [0.25, 0.3) is 11.1 Å². The quantitative estimate of drug-likeness (QED) is 0.120. The zero-order chi connectivity index (χ0) is 32.1. The molecule has 0 unspecified atom stereocenters. The summed E-state index contributed by atoms with van der Waals surface area (Å²) >= 11 is 0. The van der Waals surface area contributed by atoms with Crippen LogP contribution in [0.15, 0.2) is 48.7 Å². The van der Waals surface area contributed by atoms with Crippen molar-refractivity contribution in [1.82, 2.24) is 15.3 Å². The molecule has 0 bridgehead atoms. The van der Waals surface area contributed by atoms with Crippen molar-refractivity contribution in [2.75, 3.05) is 25.3 Å². The SMILES string of the molecule is COc1ccc(-c2cnc(C(=O)N[C@H](COS(C)(=O)=O)C(C)(C)C)cc2C(=O)O)c(C(=O)Nc2ccc(C(=N)N)cc2)n1. The van der Waals surface area contributed by atoms with Crippen molar-refractivity contribution in [3.63, 3.8) is 0 Å². The van der Waals surface area contributed by atoms with Crippen molar-refractivity contribution >= 4 is 39.4 Å². The topological polar surface area (TPSA) is 224 Å². The largest absolute Gasteiger partial charge is 0.481 e. The minimum absolute atomic E-state index is 0.00376. The summed E-state index contributed by atoms with van der Waals surface area (Å²) in [5, 5.41) is 22.9. The second-order valence-electron chi connectivity index (χ2n) is 10.5. The molecule has 0 radical (unpaired) electrons. The highest BCUT2D eigenvalue weighted by molar-refractivity contribution is 7.85. The van der Waals surface area contributed by atoms with Crippen LogP contribution in [-0.4, -0.2) is 73.1 Å². The lowest BCUT2D eigenvalue weighted by Gasteiger charge is -2.30. The van der Waals surface area contributed by atoms with Gasteiger partial charge >= 0.3 is 5.97 Å². The first-order valence-electron chi connectivity index (χ1n) is 12.7. The number of amidine groups is 1. The van der Waals surface area contributed by atoms with E-state index in [2.05, 4.69) is 20.6 Å². The normalized spacial score (nSPS) is 12.2. The molecular formula is C28H32N6O8S. The molecule has 0 aliphatic heterocycles. The number of benzene rings is 1. The lowest BCUT2D eigenvalue weighted by Crippen LogP contribution is -2.47. The van der Waals surface area contributed by atoms with Gasteiger partial charge in [0.25, 0.3) is 21.9 Å². The van der Waals surface area contributed by atoms with Crippen molar-refractivity contribution < 1.29 is 36.8 Å². The number of rotatable bonds is 11. The maximum absolute atomic E-state index is 13.3. The van der Waals surface area contributed by atoms with Crippen LogP contribution in [0.4, 0.5) is 5.69 Å². The molecule has 2 heterocycles. The van der Waals surface area contributed by atoms with Crippen LogP contribution in [0.1, 0.15) is 57.7 Å². The Morgan fingerprint density at radius 3 is 2.26 bits per heavy atom. The van der Waals surface area contributed by atoms with E-state index in [9.17, 15) is 27.9 Å². The van der Waals surface area contributed by atoms with E-state index in [1.165, 1.54) is 31.4 Å². The fourth-order valence-electron chi connectivity index (χ4n) is 3.77. The molecule has 15 heteroatoms. The molecule has 1 atom stereocenters. The maximum Gasteiger partial charge on any atom is 0.336 e. The Bertz CT molecular complexity index is 1670. The number of amides is 2. The van der Waals surface area contributed by atoms with Gasteiger partial charge in [0.05, 0.1) is 31.6 Å². The summed E-state index contributed by atoms with van der Waals surface area (Å²) in [5.41, 5.74) is 5.00. The molecule has 2 amide bonds. The first kappa shape index (κ1) is 32.6. The van der Waals surface area contributed by atoms with E-state index in [1.807, 2.05) is 0 Å². The van der Waals surface area contributed by atoms with Crippen molar-refractivity contribution in [1.29, 1.82) is 5.41 Å². The summed E-state index contributed by atoms with van der Waals surface area (Å²) in [5.74, 6) is -2.91. The third-order valence-electron chi connectivity index (χ3n) is 6.20. The summed E-state index contributed by atoms with van der Waals surface area (Å²) in [6.07, 6.45) is 2.03. The van der Waals surface area contributed by atoms with Crippen LogP contribution in [0.5, 0.6) is 5.88 Å². The first-order valence-corrected chi connectivity index (χ1v) is 14.5. The van der Waals surface area contributed by atoms with Crippen LogP contribution in [-0.2, 0) is 14.3 Å². The van der Waals surface area contributed by atoms with E-state index >= 15 is 0 Å². The molecule has 0 aliphatic rings. The van der Waals surface area contributed by atoms with Crippen LogP contribution in [0, 0.1) is 10.8 Å². The number of pyridine rings is 2. The van der Waals surface area contributed by atoms with Gasteiger partial charge in [0.1, 0.15) is 17.2 Å². The van der Waals surface area contributed by atoms with Crippen molar-refractivity contribution in [2.45, 2.75) is 26.8 Å². The number of carbonyl (C=O) groups is 3. The van der Waals surface area contributed by atoms with Gasteiger partial charge in [0, 0.05) is 34.6 Å². The van der Waals surface area contributed by atoms with Crippen LogP contribution < -0.4 is 21.1 Å². The summed E-state index contributed by atoms with van der Waals surface area (Å²) in [6, 6.07) is 9.34. The van der Waals surface area contributed by atoms with Gasteiger partial charge in [0.15, 0.2) is 0 Å². The number of hydrogen-bond donors (Lipinski definition) is 5. The number of hydrogen-bond acceptors (Lipinski definition) is 10. The number of ether oxygens (including phenoxy) is 1. The monoisotopic (exact) mass is 612 g/mol. The Hall–Kier alpha value is -4.89. The molecule has 0 saturated carbocycles. The van der Waals surface area contributed by atoms with E-state index in [0.717, 1.165) is 18.5 Å². The Morgan fingerprint density at radius 2 is 1.72 bits per heavy atom. The molecule has 2 aromatic heterocycles. The maximum atomic E-state index is 13.3. The van der Waals surface area contributed by atoms with Gasteiger partial charge in [0.2, 0.25) is 5.88 Å². The van der Waals surface area contributed by atoms with E-state index in [0.29, 0.717) is 11.3 Å². The van der Waals surface area contributed by atoms with Crippen molar-refractivity contribution in [2.24, 2.45) is 11.1 Å². The van der Waals surface area contributed by atoms with Gasteiger partial charge in [-0.2, -0.15) is 8.42 Å². The fraction of sp³-hybridized carbons (Fsp3) is 0.286. The lowest BCUT2D eigenvalue weighted by molar-refractivity contribution is 0.0697. The number of nitrogens with two attached hydrogens (primary N) is 1. The van der Waals surface area contributed by atoms with Crippen molar-refractivity contribution in [3.8, 4) is 17.0 Å². The van der Waals surface area contributed by atoms with Crippen LogP contribution in [0.2, 0.25) is 0 Å². The summed E-state index contributed by atoms with van der Waals surface area (Å²) in [7, 11) is -2.43. The minimum Gasteiger partial charge on any atom is -0.481 e. The van der Waals surface area contributed by atoms with Crippen molar-refractivity contribution in [3.05, 3.63) is 71.2 Å². The Kier molecular flexibility index (Phi) is 9.83. The van der Waals surface area contributed by atoms with E-state index in [-0.39, 0.29) is 46.4 Å². The van der Waals surface area contributed by atoms with Gasteiger partial charge in [-0.3, -0.25) is 24.2 Å². The average molecular weight is 613 g/mol. The Labute approximate surface area is 248 Å². The number of aromatic nitrogens is 2. The molecular weight excluding hydrogens is 580 g/mol. The second kappa shape index (κ2) is 13.0. The van der Waals surface area contributed by atoms with E-state index in [4.69, 9.17) is 20.1 Å². The van der Waals surface area contributed by atoms with Crippen LogP contribution >= 0.6 is 0 Å².